The number of halogens is 1. The summed E-state index contributed by atoms with van der Waals surface area (Å²) < 4.78 is 24.4. The largest absolute Gasteiger partial charge is 0.497 e. The Morgan fingerprint density at radius 2 is 2.07 bits per heavy atom. The number of amides is 1. The summed E-state index contributed by atoms with van der Waals surface area (Å²) in [5, 5.41) is 2.90. The number of ether oxygens (including phenoxy) is 2. The van der Waals surface area contributed by atoms with Crippen LogP contribution in [0, 0.1) is 5.82 Å². The molecule has 0 saturated carbocycles. The summed E-state index contributed by atoms with van der Waals surface area (Å²) in [6, 6.07) is 11.9. The molecule has 1 heterocycles. The van der Waals surface area contributed by atoms with E-state index < -0.39 is 0 Å². The van der Waals surface area contributed by atoms with Crippen LogP contribution in [0.2, 0.25) is 0 Å². The number of fused-ring (bicyclic) bond motifs is 1. The zero-order chi connectivity index (χ0) is 19.2. The van der Waals surface area contributed by atoms with E-state index in [-0.39, 0.29) is 24.4 Å². The molecule has 0 spiro atoms. The molecule has 144 valence electrons. The Kier molecular flexibility index (Phi) is 6.29. The molecule has 2 aromatic carbocycles. The second kappa shape index (κ2) is 8.86. The molecule has 1 aliphatic rings. The molecular weight excluding hydrogens is 347 g/mol. The number of carbonyl (C=O) groups is 1. The van der Waals surface area contributed by atoms with Crippen molar-refractivity contribution in [2.45, 2.75) is 32.5 Å². The number of nitrogens with one attached hydrogen (secondary N) is 1. The van der Waals surface area contributed by atoms with Gasteiger partial charge < -0.3 is 14.8 Å². The smallest absolute Gasteiger partial charge is 0.234 e. The third-order valence-electron chi connectivity index (χ3n) is 4.64. The van der Waals surface area contributed by atoms with Crippen LogP contribution in [0.5, 0.6) is 11.5 Å². The summed E-state index contributed by atoms with van der Waals surface area (Å²) in [5.41, 5.74) is 1.88. The van der Waals surface area contributed by atoms with Crippen LogP contribution >= 0.6 is 0 Å². The molecule has 0 fully saturated rings. The first kappa shape index (κ1) is 19.2. The number of rotatable bonds is 6. The minimum atomic E-state index is -0.283. The van der Waals surface area contributed by atoms with E-state index in [1.54, 1.807) is 19.2 Å². The van der Waals surface area contributed by atoms with Crippen LogP contribution in [0.15, 0.2) is 42.5 Å². The van der Waals surface area contributed by atoms with Crippen LogP contribution in [0.3, 0.4) is 0 Å². The summed E-state index contributed by atoms with van der Waals surface area (Å²) in [5.74, 6) is 1.26. The Morgan fingerprint density at radius 3 is 2.78 bits per heavy atom. The lowest BCUT2D eigenvalue weighted by atomic mass is 10.1. The molecule has 27 heavy (non-hydrogen) atoms. The first-order chi connectivity index (χ1) is 13.1. The molecule has 0 bridgehead atoms. The highest BCUT2D eigenvalue weighted by Crippen LogP contribution is 2.29. The summed E-state index contributed by atoms with van der Waals surface area (Å²) >= 11 is 0. The lowest BCUT2D eigenvalue weighted by molar-refractivity contribution is -0.122. The van der Waals surface area contributed by atoms with Crippen LogP contribution < -0.4 is 14.8 Å². The maximum absolute atomic E-state index is 13.0. The van der Waals surface area contributed by atoms with Gasteiger partial charge in [0.15, 0.2) is 0 Å². The van der Waals surface area contributed by atoms with Crippen molar-refractivity contribution in [3.8, 4) is 11.5 Å². The zero-order valence-corrected chi connectivity index (χ0v) is 15.7. The molecule has 2 aromatic rings. The van der Waals surface area contributed by atoms with Gasteiger partial charge in [-0.05, 0) is 42.3 Å². The Hall–Kier alpha value is -2.60. The molecule has 5 nitrogen and oxygen atoms in total. The van der Waals surface area contributed by atoms with Gasteiger partial charge in [0.05, 0.1) is 13.7 Å². The second-order valence-corrected chi connectivity index (χ2v) is 6.69. The van der Waals surface area contributed by atoms with Crippen molar-refractivity contribution in [1.82, 2.24) is 10.2 Å². The molecule has 1 atom stereocenters. The van der Waals surface area contributed by atoms with Gasteiger partial charge in [-0.25, -0.2) is 4.39 Å². The van der Waals surface area contributed by atoms with Gasteiger partial charge in [0.2, 0.25) is 5.91 Å². The standard InChI is InChI=1S/C21H25FN2O3/c1-3-18-13-24(12-16-10-19(26-2)8-9-20(16)27-18)14-21(25)23-11-15-4-6-17(22)7-5-15/h4-10,18H,3,11-14H2,1-2H3,(H,23,25). The first-order valence-corrected chi connectivity index (χ1v) is 9.14. The van der Waals surface area contributed by atoms with Crippen molar-refractivity contribution in [1.29, 1.82) is 0 Å². The number of hydrogen-bond acceptors (Lipinski definition) is 4. The monoisotopic (exact) mass is 372 g/mol. The average Bonchev–Trinajstić information content (AvgIpc) is 2.85. The SMILES string of the molecule is CCC1CN(CC(=O)NCc2ccc(F)cc2)Cc2cc(OC)ccc2O1. The quantitative estimate of drug-likeness (QED) is 0.847. The average molecular weight is 372 g/mol. The second-order valence-electron chi connectivity index (χ2n) is 6.69. The van der Waals surface area contributed by atoms with E-state index >= 15 is 0 Å². The van der Waals surface area contributed by atoms with Crippen molar-refractivity contribution in [3.05, 3.63) is 59.4 Å². The number of benzene rings is 2. The molecule has 0 saturated heterocycles. The Bertz CT molecular complexity index is 779. The lowest BCUT2D eigenvalue weighted by Gasteiger charge is -2.22. The minimum absolute atomic E-state index is 0.0320. The van der Waals surface area contributed by atoms with Gasteiger partial charge >= 0.3 is 0 Å². The molecule has 1 unspecified atom stereocenters. The number of carbonyl (C=O) groups excluding carboxylic acids is 1. The van der Waals surface area contributed by atoms with Gasteiger partial charge in [0.25, 0.3) is 0 Å². The van der Waals surface area contributed by atoms with E-state index in [0.717, 1.165) is 29.0 Å². The summed E-state index contributed by atoms with van der Waals surface area (Å²) in [6.07, 6.45) is 0.892. The number of methoxy groups -OCH3 is 1. The summed E-state index contributed by atoms with van der Waals surface area (Å²) in [7, 11) is 1.63. The van der Waals surface area contributed by atoms with Gasteiger partial charge in [-0.1, -0.05) is 19.1 Å². The van der Waals surface area contributed by atoms with Crippen LogP contribution in [-0.4, -0.2) is 37.1 Å². The van der Waals surface area contributed by atoms with E-state index in [1.165, 1.54) is 12.1 Å². The van der Waals surface area contributed by atoms with Crippen molar-refractivity contribution >= 4 is 5.91 Å². The van der Waals surface area contributed by atoms with Gasteiger partial charge in [-0.3, -0.25) is 9.69 Å². The van der Waals surface area contributed by atoms with E-state index in [0.29, 0.717) is 19.6 Å². The summed E-state index contributed by atoms with van der Waals surface area (Å²) in [6.45, 7) is 4.03. The molecule has 0 aromatic heterocycles. The third-order valence-corrected chi connectivity index (χ3v) is 4.64. The highest BCUT2D eigenvalue weighted by Gasteiger charge is 2.23. The van der Waals surface area contributed by atoms with Gasteiger partial charge in [0, 0.05) is 25.2 Å². The summed E-state index contributed by atoms with van der Waals surface area (Å²) in [4.78, 5) is 14.5. The van der Waals surface area contributed by atoms with Crippen molar-refractivity contribution in [2.24, 2.45) is 0 Å². The number of nitrogens with zero attached hydrogens (tertiary/aromatic N) is 1. The van der Waals surface area contributed by atoms with Crippen molar-refractivity contribution in [2.75, 3.05) is 20.2 Å². The van der Waals surface area contributed by atoms with Crippen molar-refractivity contribution in [3.63, 3.8) is 0 Å². The van der Waals surface area contributed by atoms with Gasteiger partial charge in [0.1, 0.15) is 23.4 Å². The highest BCUT2D eigenvalue weighted by molar-refractivity contribution is 5.78. The normalized spacial score (nSPS) is 16.8. The molecule has 1 aliphatic heterocycles. The fraction of sp³-hybridized carbons (Fsp3) is 0.381. The van der Waals surface area contributed by atoms with E-state index in [2.05, 4.69) is 17.1 Å². The zero-order valence-electron chi connectivity index (χ0n) is 15.7. The predicted octanol–water partition coefficient (Wildman–Crippen LogP) is 3.12. The fourth-order valence-corrected chi connectivity index (χ4v) is 3.13. The maximum atomic E-state index is 13.0. The molecule has 6 heteroatoms. The number of hydrogen-bond donors (Lipinski definition) is 1. The third kappa shape index (κ3) is 5.20. The molecule has 1 amide bonds. The van der Waals surface area contributed by atoms with Crippen LogP contribution in [0.4, 0.5) is 4.39 Å². The minimum Gasteiger partial charge on any atom is -0.497 e. The predicted molar refractivity (Wildman–Crippen MR) is 101 cm³/mol. The molecule has 0 aliphatic carbocycles. The lowest BCUT2D eigenvalue weighted by Crippen LogP contribution is -2.40. The Labute approximate surface area is 159 Å². The first-order valence-electron chi connectivity index (χ1n) is 9.14. The topological polar surface area (TPSA) is 50.8 Å². The fourth-order valence-electron chi connectivity index (χ4n) is 3.13. The molecule has 3 rings (SSSR count). The van der Waals surface area contributed by atoms with Crippen LogP contribution in [-0.2, 0) is 17.9 Å². The Balaban J connectivity index is 1.63. The Morgan fingerprint density at radius 1 is 1.30 bits per heavy atom. The van der Waals surface area contributed by atoms with Crippen molar-refractivity contribution < 1.29 is 18.7 Å². The van der Waals surface area contributed by atoms with Crippen LogP contribution in [0.25, 0.3) is 0 Å². The molecular formula is C21H25FN2O3. The van der Waals surface area contributed by atoms with E-state index in [9.17, 15) is 9.18 Å². The molecule has 1 N–H and O–H groups in total. The van der Waals surface area contributed by atoms with E-state index in [4.69, 9.17) is 9.47 Å². The van der Waals surface area contributed by atoms with Crippen LogP contribution in [0.1, 0.15) is 24.5 Å². The van der Waals surface area contributed by atoms with Gasteiger partial charge in [-0.2, -0.15) is 0 Å². The highest BCUT2D eigenvalue weighted by atomic mass is 19.1. The maximum Gasteiger partial charge on any atom is 0.234 e. The molecule has 0 radical (unpaired) electrons. The van der Waals surface area contributed by atoms with Gasteiger partial charge in [-0.15, -0.1) is 0 Å². The van der Waals surface area contributed by atoms with E-state index in [1.807, 2.05) is 18.2 Å².